The standard InChI is InChI=1S/C6H2F4.C3H8/c7-3-1-2-4(8)6(10)5(3)9;1-3-2/h1-2H;3H2,1-2H3. The van der Waals surface area contributed by atoms with Gasteiger partial charge in [0.15, 0.2) is 23.3 Å². The SMILES string of the molecule is CCC.Fc1ccc(F)c(F)c1F. The van der Waals surface area contributed by atoms with Gasteiger partial charge >= 0.3 is 0 Å². The molecular formula is C9H10F4. The van der Waals surface area contributed by atoms with Gasteiger partial charge < -0.3 is 0 Å². The summed E-state index contributed by atoms with van der Waals surface area (Å²) in [7, 11) is 0. The van der Waals surface area contributed by atoms with Gasteiger partial charge in [-0.25, -0.2) is 17.6 Å². The molecule has 4 heteroatoms. The average molecular weight is 194 g/mol. The van der Waals surface area contributed by atoms with Crippen molar-refractivity contribution in [2.75, 3.05) is 0 Å². The highest BCUT2D eigenvalue weighted by Crippen LogP contribution is 2.12. The summed E-state index contributed by atoms with van der Waals surface area (Å²) in [5, 5.41) is 0. The second-order valence-corrected chi connectivity index (χ2v) is 2.36. The molecule has 0 saturated carbocycles. The molecule has 0 atom stereocenters. The largest absolute Gasteiger partial charge is 0.204 e. The van der Waals surface area contributed by atoms with Crippen LogP contribution in [-0.4, -0.2) is 0 Å². The van der Waals surface area contributed by atoms with Gasteiger partial charge in [0.2, 0.25) is 0 Å². The lowest BCUT2D eigenvalue weighted by Crippen LogP contribution is -1.93. The van der Waals surface area contributed by atoms with E-state index in [1.54, 1.807) is 0 Å². The van der Waals surface area contributed by atoms with E-state index in [2.05, 4.69) is 13.8 Å². The number of hydrogen-bond donors (Lipinski definition) is 0. The third-order valence-electron chi connectivity index (χ3n) is 0.988. The monoisotopic (exact) mass is 194 g/mol. The van der Waals surface area contributed by atoms with Crippen LogP contribution in [0.25, 0.3) is 0 Å². The van der Waals surface area contributed by atoms with Gasteiger partial charge in [0, 0.05) is 0 Å². The summed E-state index contributed by atoms with van der Waals surface area (Å²) < 4.78 is 48.0. The van der Waals surface area contributed by atoms with Crippen molar-refractivity contribution in [2.45, 2.75) is 20.3 Å². The van der Waals surface area contributed by atoms with Gasteiger partial charge in [0.1, 0.15) is 0 Å². The van der Waals surface area contributed by atoms with Crippen LogP contribution in [0.15, 0.2) is 12.1 Å². The molecule has 0 aliphatic heterocycles. The van der Waals surface area contributed by atoms with Crippen molar-refractivity contribution in [3.63, 3.8) is 0 Å². The molecule has 1 rings (SSSR count). The summed E-state index contributed by atoms with van der Waals surface area (Å²) in [6.45, 7) is 4.25. The third kappa shape index (κ3) is 3.44. The molecule has 0 bridgehead atoms. The molecule has 0 aromatic heterocycles. The zero-order valence-electron chi connectivity index (χ0n) is 7.37. The van der Waals surface area contributed by atoms with Gasteiger partial charge in [-0.1, -0.05) is 20.3 Å². The van der Waals surface area contributed by atoms with Crippen molar-refractivity contribution in [1.82, 2.24) is 0 Å². The molecule has 0 unspecified atom stereocenters. The molecule has 0 fully saturated rings. The van der Waals surface area contributed by atoms with E-state index in [9.17, 15) is 17.6 Å². The Morgan fingerprint density at radius 2 is 1.08 bits per heavy atom. The second-order valence-electron chi connectivity index (χ2n) is 2.36. The van der Waals surface area contributed by atoms with Crippen molar-refractivity contribution in [2.24, 2.45) is 0 Å². The maximum atomic E-state index is 12.0. The highest BCUT2D eigenvalue weighted by molar-refractivity contribution is 5.10. The van der Waals surface area contributed by atoms with Gasteiger partial charge in [0.25, 0.3) is 0 Å². The minimum Gasteiger partial charge on any atom is -0.204 e. The van der Waals surface area contributed by atoms with E-state index >= 15 is 0 Å². The zero-order valence-corrected chi connectivity index (χ0v) is 7.37. The fourth-order valence-corrected chi connectivity index (χ4v) is 0.502. The van der Waals surface area contributed by atoms with Crippen LogP contribution in [0.1, 0.15) is 20.3 Å². The first-order chi connectivity index (χ1) is 6.04. The second kappa shape index (κ2) is 5.56. The molecule has 0 radical (unpaired) electrons. The fraction of sp³-hybridized carbons (Fsp3) is 0.333. The summed E-state index contributed by atoms with van der Waals surface area (Å²) in [6, 6.07) is 1.04. The lowest BCUT2D eigenvalue weighted by molar-refractivity contribution is 0.409. The molecule has 0 N–H and O–H groups in total. The van der Waals surface area contributed by atoms with Gasteiger partial charge in [-0.2, -0.15) is 0 Å². The Bertz CT molecular complexity index is 244. The van der Waals surface area contributed by atoms with Crippen LogP contribution in [0.3, 0.4) is 0 Å². The Balaban J connectivity index is 0.000000424. The Morgan fingerprint density at radius 1 is 0.846 bits per heavy atom. The van der Waals surface area contributed by atoms with E-state index in [4.69, 9.17) is 0 Å². The fourth-order valence-electron chi connectivity index (χ4n) is 0.502. The lowest BCUT2D eigenvalue weighted by Gasteiger charge is -1.93. The molecule has 0 spiro atoms. The molecule has 0 aliphatic rings. The van der Waals surface area contributed by atoms with Crippen LogP contribution in [0.4, 0.5) is 17.6 Å². The highest BCUT2D eigenvalue weighted by Gasteiger charge is 2.11. The summed E-state index contributed by atoms with van der Waals surface area (Å²) in [5.74, 6) is -6.34. The van der Waals surface area contributed by atoms with Crippen molar-refractivity contribution < 1.29 is 17.6 Å². The minimum absolute atomic E-state index is 0.522. The predicted octanol–water partition coefficient (Wildman–Crippen LogP) is 3.66. The van der Waals surface area contributed by atoms with Gasteiger partial charge in [-0.3, -0.25) is 0 Å². The third-order valence-corrected chi connectivity index (χ3v) is 0.988. The van der Waals surface area contributed by atoms with Gasteiger partial charge in [-0.05, 0) is 12.1 Å². The summed E-state index contributed by atoms with van der Waals surface area (Å²) in [6.07, 6.45) is 1.25. The smallest absolute Gasteiger partial charge is 0.197 e. The van der Waals surface area contributed by atoms with E-state index in [0.29, 0.717) is 12.1 Å². The van der Waals surface area contributed by atoms with Crippen molar-refractivity contribution in [1.29, 1.82) is 0 Å². The van der Waals surface area contributed by atoms with Crippen LogP contribution < -0.4 is 0 Å². The molecular weight excluding hydrogens is 184 g/mol. The van der Waals surface area contributed by atoms with Crippen LogP contribution in [0.2, 0.25) is 0 Å². The number of rotatable bonds is 0. The van der Waals surface area contributed by atoms with Crippen molar-refractivity contribution in [3.05, 3.63) is 35.4 Å². The van der Waals surface area contributed by atoms with E-state index in [1.165, 1.54) is 6.42 Å². The van der Waals surface area contributed by atoms with E-state index in [1.807, 2.05) is 0 Å². The van der Waals surface area contributed by atoms with E-state index in [0.717, 1.165) is 0 Å². The van der Waals surface area contributed by atoms with Crippen LogP contribution in [0.5, 0.6) is 0 Å². The average Bonchev–Trinajstić information content (AvgIpc) is 2.10. The molecule has 0 saturated heterocycles. The summed E-state index contributed by atoms with van der Waals surface area (Å²) in [4.78, 5) is 0. The molecule has 74 valence electrons. The molecule has 0 aliphatic carbocycles. The normalized spacial score (nSPS) is 9.08. The number of halogens is 4. The lowest BCUT2D eigenvalue weighted by atomic mass is 10.3. The molecule has 0 heterocycles. The highest BCUT2D eigenvalue weighted by atomic mass is 19.2. The maximum absolute atomic E-state index is 12.0. The molecule has 1 aromatic rings. The van der Waals surface area contributed by atoms with E-state index < -0.39 is 23.3 Å². The minimum atomic E-state index is -1.78. The Kier molecular flexibility index (Phi) is 5.11. The first kappa shape index (κ1) is 11.9. The molecule has 0 amide bonds. The predicted molar refractivity (Wildman–Crippen MR) is 42.2 cm³/mol. The van der Waals surface area contributed by atoms with Crippen molar-refractivity contribution in [3.8, 4) is 0 Å². The van der Waals surface area contributed by atoms with Crippen LogP contribution in [0, 0.1) is 23.3 Å². The van der Waals surface area contributed by atoms with Gasteiger partial charge in [-0.15, -0.1) is 0 Å². The van der Waals surface area contributed by atoms with Crippen LogP contribution in [-0.2, 0) is 0 Å². The maximum Gasteiger partial charge on any atom is 0.197 e. The molecule has 13 heavy (non-hydrogen) atoms. The molecule has 0 nitrogen and oxygen atoms in total. The first-order valence-corrected chi connectivity index (χ1v) is 3.83. The Hall–Kier alpha value is -1.06. The zero-order chi connectivity index (χ0) is 10.4. The van der Waals surface area contributed by atoms with Crippen LogP contribution >= 0.6 is 0 Å². The van der Waals surface area contributed by atoms with Gasteiger partial charge in [0.05, 0.1) is 0 Å². The number of hydrogen-bond acceptors (Lipinski definition) is 0. The first-order valence-electron chi connectivity index (χ1n) is 3.83. The number of benzene rings is 1. The summed E-state index contributed by atoms with van der Waals surface area (Å²) >= 11 is 0. The quantitative estimate of drug-likeness (QED) is 0.336. The molecule has 1 aromatic carbocycles. The van der Waals surface area contributed by atoms with Crippen molar-refractivity contribution >= 4 is 0 Å². The summed E-state index contributed by atoms with van der Waals surface area (Å²) in [5.41, 5.74) is 0. The Labute approximate surface area is 74.2 Å². The Morgan fingerprint density at radius 3 is 1.31 bits per heavy atom. The topological polar surface area (TPSA) is 0 Å². The van der Waals surface area contributed by atoms with E-state index in [-0.39, 0.29) is 0 Å².